The van der Waals surface area contributed by atoms with Crippen LogP contribution >= 0.6 is 0 Å². The lowest BCUT2D eigenvalue weighted by atomic mass is 10.0. The molecule has 0 radical (unpaired) electrons. The largest absolute Gasteiger partial charge is 0.342 e. The summed E-state index contributed by atoms with van der Waals surface area (Å²) < 4.78 is 9.21. The van der Waals surface area contributed by atoms with Gasteiger partial charge in [-0.1, -0.05) is 115 Å². The predicted molar refractivity (Wildman–Crippen MR) is 460 cm³/mol. The third kappa shape index (κ3) is 16.2. The van der Waals surface area contributed by atoms with Crippen molar-refractivity contribution in [3.05, 3.63) is 388 Å². The van der Waals surface area contributed by atoms with Gasteiger partial charge in [-0.2, -0.15) is 15.3 Å². The number of amides is 3. The maximum Gasteiger partial charge on any atom is 0.267 e. The third-order valence-corrected chi connectivity index (χ3v) is 19.8. The van der Waals surface area contributed by atoms with Crippen LogP contribution in [0.5, 0.6) is 0 Å². The first-order chi connectivity index (χ1) is 59.3. The Morgan fingerprint density at radius 2 is 0.779 bits per heavy atom. The molecule has 1 aliphatic carbocycles. The van der Waals surface area contributed by atoms with Gasteiger partial charge in [-0.15, -0.1) is 0 Å². The molecule has 0 spiro atoms. The normalized spacial score (nSPS) is 12.3. The van der Waals surface area contributed by atoms with Crippen LogP contribution in [0.4, 0.5) is 0 Å². The highest BCUT2D eigenvalue weighted by Gasteiger charge is 2.29. The van der Waals surface area contributed by atoms with Gasteiger partial charge in [0.15, 0.2) is 22.7 Å². The Morgan fingerprint density at radius 1 is 0.402 bits per heavy atom. The molecule has 4 N–H and O–H groups in total. The van der Waals surface area contributed by atoms with E-state index in [2.05, 4.69) is 91.7 Å². The maximum atomic E-state index is 14.2. The number of pyridine rings is 2. The monoisotopic (exact) mass is 1610 g/mol. The fourth-order valence-corrected chi connectivity index (χ4v) is 14.2. The highest BCUT2D eigenvalue weighted by Crippen LogP contribution is 2.27. The molecule has 0 aliphatic heterocycles. The number of fused-ring (bicyclic) bond motifs is 6. The number of carbonyl (C=O) groups excluding carboxylic acids is 4. The van der Waals surface area contributed by atoms with Gasteiger partial charge in [0, 0.05) is 89.9 Å². The summed E-state index contributed by atoms with van der Waals surface area (Å²) in [6.45, 7) is 10.6. The summed E-state index contributed by atoms with van der Waals surface area (Å²) >= 11 is 0. The first-order valence-electron chi connectivity index (χ1n) is 38.5. The number of aryl methyl sites for hydroxylation is 3. The van der Waals surface area contributed by atoms with E-state index in [1.165, 1.54) is 32.0 Å². The molecule has 11 heterocycles. The zero-order chi connectivity index (χ0) is 84.7. The molecule has 6 aromatic carbocycles. The van der Waals surface area contributed by atoms with Crippen molar-refractivity contribution in [2.45, 2.75) is 66.1 Å². The quantitative estimate of drug-likeness (QED) is 0.0826. The number of carbonyl (C=O) groups is 4. The number of hydrogen-bond donors (Lipinski definition) is 4. The number of benzene rings is 6. The number of allylic oxidation sites excluding steroid dienone is 4. The Bertz CT molecular complexity index is 7580. The van der Waals surface area contributed by atoms with Crippen LogP contribution in [0.1, 0.15) is 139 Å². The van der Waals surface area contributed by atoms with Gasteiger partial charge in [-0.25, -0.2) is 48.4 Å². The Hall–Kier alpha value is -17.1. The first kappa shape index (κ1) is 78.8. The Morgan fingerprint density at radius 3 is 1.15 bits per heavy atom. The van der Waals surface area contributed by atoms with Crippen molar-refractivity contribution in [3.63, 3.8) is 0 Å². The van der Waals surface area contributed by atoms with Gasteiger partial charge in [-0.3, -0.25) is 52.1 Å². The Balaban J connectivity index is 0.000000136. The number of rotatable bonds is 12. The van der Waals surface area contributed by atoms with Gasteiger partial charge in [0.1, 0.15) is 39.9 Å². The van der Waals surface area contributed by atoms with Gasteiger partial charge >= 0.3 is 0 Å². The molecule has 0 unspecified atom stereocenters. The van der Waals surface area contributed by atoms with Gasteiger partial charge in [0.25, 0.3) is 34.4 Å². The van der Waals surface area contributed by atoms with Crippen molar-refractivity contribution in [2.24, 2.45) is 0 Å². The van der Waals surface area contributed by atoms with E-state index >= 15 is 0 Å². The number of para-hydroxylation sites is 3. The molecule has 11 aromatic heterocycles. The van der Waals surface area contributed by atoms with Crippen molar-refractivity contribution in [1.82, 2.24) is 98.4 Å². The number of hydrogen-bond acceptors (Lipinski definition) is 18. The number of nitrogens with zero attached hydrogens (tertiary/aromatic N) is 16. The molecule has 17 aromatic rings. The highest BCUT2D eigenvalue weighted by atomic mass is 16.2. The van der Waals surface area contributed by atoms with E-state index in [9.17, 15) is 38.4 Å². The van der Waals surface area contributed by atoms with Crippen LogP contribution in [-0.2, 0) is 4.79 Å². The van der Waals surface area contributed by atoms with Crippen molar-refractivity contribution < 1.29 is 19.2 Å². The summed E-state index contributed by atoms with van der Waals surface area (Å²) in [5, 5.41) is 23.2. The van der Waals surface area contributed by atoms with Crippen LogP contribution in [0.25, 0.3) is 66.7 Å². The summed E-state index contributed by atoms with van der Waals surface area (Å²) in [6.07, 6.45) is 18.6. The van der Waals surface area contributed by atoms with Crippen molar-refractivity contribution >= 4 is 73.2 Å². The smallest absolute Gasteiger partial charge is 0.267 e. The second kappa shape index (κ2) is 34.4. The lowest BCUT2D eigenvalue weighted by Gasteiger charge is -2.20. The van der Waals surface area contributed by atoms with Crippen molar-refractivity contribution in [2.75, 3.05) is 0 Å². The van der Waals surface area contributed by atoms with Gasteiger partial charge in [0.2, 0.25) is 5.56 Å². The van der Waals surface area contributed by atoms with E-state index in [1.807, 2.05) is 103 Å². The summed E-state index contributed by atoms with van der Waals surface area (Å²) in [6, 6.07) is 55.2. The number of H-pyrrole nitrogens is 1. The summed E-state index contributed by atoms with van der Waals surface area (Å²) in [4.78, 5) is 140. The first-order valence-corrected chi connectivity index (χ1v) is 38.5. The molecule has 18 rings (SSSR count). The molecule has 594 valence electrons. The zero-order valence-corrected chi connectivity index (χ0v) is 66.2. The SMILES string of the molecule is Cc1nn2cccnc2c1C(=O)N[C@@H](C)c1nc2cccc(C#CC3=CC(=O)CC=C3)c2c(=O)n1-c1ccccc1.Cc1nn2cccnc2c1C(=O)N[C@@H](C)c1nc2cccc(C#Cc3ccc(=O)[nH]c3)c2c(=O)n1-c1ccccc1.Cc1nn2cccnc2c1C(=O)N[C@@H](C)c1nc2cccc(C#Cc3ccccn3)c2c(=O)n1-c1ccccc1. The Labute approximate surface area is 693 Å². The molecule has 3 atom stereocenters. The molecule has 28 heteroatoms. The van der Waals surface area contributed by atoms with E-state index < -0.39 is 18.1 Å². The average Bonchev–Trinajstić information content (AvgIpc) is 1.20. The molecule has 1 aliphatic rings. The van der Waals surface area contributed by atoms with Gasteiger partial charge in [0.05, 0.1) is 85.0 Å². The molecule has 28 nitrogen and oxygen atoms in total. The van der Waals surface area contributed by atoms with E-state index in [-0.39, 0.29) is 45.7 Å². The van der Waals surface area contributed by atoms with Crippen molar-refractivity contribution in [1.29, 1.82) is 0 Å². The lowest BCUT2D eigenvalue weighted by Crippen LogP contribution is -2.33. The molecule has 0 bridgehead atoms. The minimum atomic E-state index is -0.659. The molecule has 122 heavy (non-hydrogen) atoms. The fraction of sp³-hybridized carbons (Fsp3) is 0.106. The molecular weight excluding hydrogens is 1540 g/mol. The van der Waals surface area contributed by atoms with E-state index in [0.717, 1.165) is 0 Å². The average molecular weight is 1610 g/mol. The maximum absolute atomic E-state index is 14.2. The Kier molecular flexibility index (Phi) is 22.2. The zero-order valence-electron chi connectivity index (χ0n) is 66.2. The number of aromatic nitrogens is 17. The summed E-state index contributed by atoms with van der Waals surface area (Å²) in [7, 11) is 0. The van der Waals surface area contributed by atoms with E-state index in [1.54, 1.807) is 196 Å². The van der Waals surface area contributed by atoms with Crippen LogP contribution in [0.2, 0.25) is 0 Å². The van der Waals surface area contributed by atoms with E-state index in [4.69, 9.17) is 15.0 Å². The minimum Gasteiger partial charge on any atom is -0.342 e. The summed E-state index contributed by atoms with van der Waals surface area (Å²) in [5.41, 5.74) is 9.38. The fourth-order valence-electron chi connectivity index (χ4n) is 14.2. The third-order valence-electron chi connectivity index (χ3n) is 19.8. The second-order valence-corrected chi connectivity index (χ2v) is 28.1. The second-order valence-electron chi connectivity index (χ2n) is 28.1. The van der Waals surface area contributed by atoms with Crippen LogP contribution < -0.4 is 38.2 Å². The number of aromatic amines is 1. The number of nitrogens with one attached hydrogen (secondary N) is 4. The minimum absolute atomic E-state index is 0.0152. The number of ketones is 1. The van der Waals surface area contributed by atoms with Crippen LogP contribution in [-0.4, -0.2) is 106 Å². The van der Waals surface area contributed by atoms with Crippen molar-refractivity contribution in [3.8, 4) is 52.6 Å². The highest BCUT2D eigenvalue weighted by molar-refractivity contribution is 6.03. The lowest BCUT2D eigenvalue weighted by molar-refractivity contribution is -0.113. The van der Waals surface area contributed by atoms with Gasteiger partial charge in [-0.05, 0) is 169 Å². The van der Waals surface area contributed by atoms with E-state index in [0.29, 0.717) is 158 Å². The topological polar surface area (TPSA) is 345 Å². The van der Waals surface area contributed by atoms with Gasteiger partial charge < -0.3 is 20.9 Å². The van der Waals surface area contributed by atoms with Crippen LogP contribution in [0.15, 0.2) is 287 Å². The summed E-state index contributed by atoms with van der Waals surface area (Å²) in [5.74, 6) is 18.2. The molecule has 0 saturated heterocycles. The van der Waals surface area contributed by atoms with Crippen LogP contribution in [0, 0.1) is 56.3 Å². The molecular formula is C94H70N20O8. The molecule has 0 fully saturated rings. The molecule has 3 amide bonds. The van der Waals surface area contributed by atoms with Crippen LogP contribution in [0.3, 0.4) is 0 Å². The standard InChI is InChI=1S/C32H24N6O3.C31H23N7O3.C31H23N7O2/c1-20-27(30-33-17-8-18-37(30)36-20)31(40)34-21(2)29-35-26-14-7-10-23(16-15-22-9-6-13-25(39)19-22)28(26)32(41)38(29)24-11-4-3-5-12-24;1-19-26(29-32-16-7-17-37(29)36-19)30(40)34-20(2)28-35-24-11-6-8-22(14-12-21-13-15-25(39)33-18-21)27(24)31(41)38(28)23-9-4-3-5-10-23;1-20-26(29-33-18-9-19-37(29)36-20)30(39)34-21(2)28-35-25-14-8-10-22(15-16-23-11-6-7-17-32-23)27(25)31(40)38(28)24-12-4-3-5-13-24/h3-12,14,17-19,21H,13H2,1-2H3,(H,34,40);3-11,13,15-18,20H,1-2H3,(H,33,39)(H,34,40);3-14,17-19,21H,1-2H3,(H,34,39)/t21-;20-;21-/m000/s1. The predicted octanol–water partition coefficient (Wildman–Crippen LogP) is 11.4. The molecule has 0 saturated carbocycles.